The number of pyridine rings is 1. The first kappa shape index (κ1) is 15.5. The number of rotatable bonds is 7. The summed E-state index contributed by atoms with van der Waals surface area (Å²) in [4.78, 5) is 13.1. The molecule has 6 nitrogen and oxygen atoms in total. The highest BCUT2D eigenvalue weighted by Gasteiger charge is 2.34. The van der Waals surface area contributed by atoms with E-state index in [1.54, 1.807) is 0 Å². The Hall–Kier alpha value is -1.90. The molecule has 0 amide bonds. The fourth-order valence-electron chi connectivity index (χ4n) is 1.68. The Morgan fingerprint density at radius 2 is 2.19 bits per heavy atom. The van der Waals surface area contributed by atoms with E-state index in [4.69, 9.17) is 4.74 Å². The first-order valence-electron chi connectivity index (χ1n) is 6.41. The van der Waals surface area contributed by atoms with Gasteiger partial charge >= 0.3 is 11.9 Å². The molecule has 1 N–H and O–H groups in total. The second-order valence-electron chi connectivity index (χ2n) is 4.79. The van der Waals surface area contributed by atoms with E-state index in [0.29, 0.717) is 24.8 Å². The summed E-state index contributed by atoms with van der Waals surface area (Å²) in [5.74, 6) is 0.581. The van der Waals surface area contributed by atoms with Crippen LogP contribution >= 0.6 is 0 Å². The molecular weight excluding hydrogens is 291 g/mol. The van der Waals surface area contributed by atoms with Gasteiger partial charge in [-0.25, -0.2) is 4.98 Å². The van der Waals surface area contributed by atoms with Crippen molar-refractivity contribution in [3.63, 3.8) is 0 Å². The number of ether oxygens (including phenoxy) is 1. The van der Waals surface area contributed by atoms with E-state index < -0.39 is 22.5 Å². The minimum atomic E-state index is -4.64. The second kappa shape index (κ2) is 6.25. The lowest BCUT2D eigenvalue weighted by molar-refractivity contribution is -0.384. The fourth-order valence-corrected chi connectivity index (χ4v) is 1.68. The average Bonchev–Trinajstić information content (AvgIpc) is 3.21. The molecule has 0 saturated heterocycles. The normalized spacial score (nSPS) is 15.0. The Labute approximate surface area is 118 Å². The number of anilines is 1. The van der Waals surface area contributed by atoms with Crippen LogP contribution in [0.4, 0.5) is 24.5 Å². The monoisotopic (exact) mass is 305 g/mol. The van der Waals surface area contributed by atoms with Crippen molar-refractivity contribution in [2.24, 2.45) is 5.92 Å². The largest absolute Gasteiger partial charge is 0.433 e. The van der Waals surface area contributed by atoms with Crippen molar-refractivity contribution in [1.82, 2.24) is 4.98 Å². The van der Waals surface area contributed by atoms with Crippen LogP contribution in [-0.2, 0) is 10.9 Å². The first-order chi connectivity index (χ1) is 9.88. The van der Waals surface area contributed by atoms with Gasteiger partial charge in [0, 0.05) is 13.2 Å². The van der Waals surface area contributed by atoms with E-state index in [-0.39, 0.29) is 18.8 Å². The summed E-state index contributed by atoms with van der Waals surface area (Å²) in [6, 6.07) is 0.638. The van der Waals surface area contributed by atoms with Gasteiger partial charge in [-0.1, -0.05) is 0 Å². The van der Waals surface area contributed by atoms with Gasteiger partial charge in [-0.15, -0.1) is 0 Å². The Morgan fingerprint density at radius 3 is 2.76 bits per heavy atom. The Bertz CT molecular complexity index is 518. The van der Waals surface area contributed by atoms with Crippen LogP contribution in [0.2, 0.25) is 0 Å². The zero-order valence-electron chi connectivity index (χ0n) is 11.0. The van der Waals surface area contributed by atoms with Crippen molar-refractivity contribution in [2.45, 2.75) is 19.0 Å². The highest BCUT2D eigenvalue weighted by molar-refractivity contribution is 5.61. The molecule has 1 saturated carbocycles. The minimum Gasteiger partial charge on any atom is -0.379 e. The number of nitrogens with one attached hydrogen (secondary N) is 1. The molecule has 1 aliphatic carbocycles. The van der Waals surface area contributed by atoms with Gasteiger partial charge in [0.25, 0.3) is 0 Å². The molecule has 0 aromatic carbocycles. The quantitative estimate of drug-likeness (QED) is 0.476. The summed E-state index contributed by atoms with van der Waals surface area (Å²) in [7, 11) is 0. The van der Waals surface area contributed by atoms with Crippen molar-refractivity contribution < 1.29 is 22.8 Å². The zero-order chi connectivity index (χ0) is 15.5. The SMILES string of the molecule is O=[N+]([O-])c1cnc(C(F)(F)F)cc1NCCOCC1CC1. The van der Waals surface area contributed by atoms with Crippen molar-refractivity contribution in [3.8, 4) is 0 Å². The summed E-state index contributed by atoms with van der Waals surface area (Å²) in [6.45, 7) is 1.08. The topological polar surface area (TPSA) is 77.3 Å². The van der Waals surface area contributed by atoms with Gasteiger partial charge in [0.15, 0.2) is 0 Å². The van der Waals surface area contributed by atoms with Crippen LogP contribution in [0.5, 0.6) is 0 Å². The average molecular weight is 305 g/mol. The smallest absolute Gasteiger partial charge is 0.379 e. The molecule has 0 spiro atoms. The van der Waals surface area contributed by atoms with E-state index in [2.05, 4.69) is 10.3 Å². The highest BCUT2D eigenvalue weighted by atomic mass is 19.4. The lowest BCUT2D eigenvalue weighted by atomic mass is 10.2. The van der Waals surface area contributed by atoms with E-state index in [1.165, 1.54) is 0 Å². The van der Waals surface area contributed by atoms with Crippen LogP contribution in [0.15, 0.2) is 12.3 Å². The van der Waals surface area contributed by atoms with Crippen molar-refractivity contribution in [1.29, 1.82) is 0 Å². The summed E-state index contributed by atoms with van der Waals surface area (Å²) >= 11 is 0. The van der Waals surface area contributed by atoms with Gasteiger partial charge in [-0.2, -0.15) is 13.2 Å². The molecule has 1 heterocycles. The van der Waals surface area contributed by atoms with Gasteiger partial charge < -0.3 is 10.1 Å². The van der Waals surface area contributed by atoms with Gasteiger partial charge in [0.2, 0.25) is 0 Å². The van der Waals surface area contributed by atoms with Crippen LogP contribution in [0.25, 0.3) is 0 Å². The summed E-state index contributed by atoms with van der Waals surface area (Å²) in [5, 5.41) is 13.4. The molecule has 2 rings (SSSR count). The molecule has 0 radical (unpaired) electrons. The van der Waals surface area contributed by atoms with E-state index >= 15 is 0 Å². The van der Waals surface area contributed by atoms with Crippen molar-refractivity contribution >= 4 is 11.4 Å². The van der Waals surface area contributed by atoms with Crippen LogP contribution in [0.3, 0.4) is 0 Å². The Morgan fingerprint density at radius 1 is 1.48 bits per heavy atom. The number of hydrogen-bond acceptors (Lipinski definition) is 5. The Balaban J connectivity index is 1.98. The maximum atomic E-state index is 12.6. The van der Waals surface area contributed by atoms with Crippen LogP contribution < -0.4 is 5.32 Å². The molecule has 1 aromatic rings. The third-order valence-electron chi connectivity index (χ3n) is 2.98. The molecule has 1 aromatic heterocycles. The predicted molar refractivity (Wildman–Crippen MR) is 67.9 cm³/mol. The molecule has 0 aliphatic heterocycles. The van der Waals surface area contributed by atoms with E-state index in [1.807, 2.05) is 0 Å². The fraction of sp³-hybridized carbons (Fsp3) is 0.583. The van der Waals surface area contributed by atoms with Crippen molar-refractivity contribution in [3.05, 3.63) is 28.1 Å². The molecule has 1 fully saturated rings. The number of aromatic nitrogens is 1. The van der Waals surface area contributed by atoms with Gasteiger partial charge in [-0.05, 0) is 24.8 Å². The van der Waals surface area contributed by atoms with Crippen LogP contribution in [0.1, 0.15) is 18.5 Å². The summed E-state index contributed by atoms with van der Waals surface area (Å²) in [6.07, 6.45) is -1.76. The second-order valence-corrected chi connectivity index (χ2v) is 4.79. The Kier molecular flexibility index (Phi) is 4.61. The first-order valence-corrected chi connectivity index (χ1v) is 6.41. The summed E-state index contributed by atoms with van der Waals surface area (Å²) < 4.78 is 43.0. The van der Waals surface area contributed by atoms with Crippen LogP contribution in [0, 0.1) is 16.0 Å². The van der Waals surface area contributed by atoms with E-state index in [0.717, 1.165) is 12.8 Å². The number of halogens is 3. The lowest BCUT2D eigenvalue weighted by Gasteiger charge is -2.10. The van der Waals surface area contributed by atoms with Gasteiger partial charge in [0.1, 0.15) is 17.6 Å². The van der Waals surface area contributed by atoms with E-state index in [9.17, 15) is 23.3 Å². The number of nitrogens with zero attached hydrogens (tertiary/aromatic N) is 2. The molecule has 0 bridgehead atoms. The highest BCUT2D eigenvalue weighted by Crippen LogP contribution is 2.32. The molecular formula is C12H14F3N3O3. The number of hydrogen-bond donors (Lipinski definition) is 1. The molecule has 1 aliphatic rings. The zero-order valence-corrected chi connectivity index (χ0v) is 11.0. The van der Waals surface area contributed by atoms with Crippen LogP contribution in [-0.4, -0.2) is 29.7 Å². The summed E-state index contributed by atoms with van der Waals surface area (Å²) in [5.41, 5.74) is -1.88. The van der Waals surface area contributed by atoms with Crippen molar-refractivity contribution in [2.75, 3.05) is 25.1 Å². The lowest BCUT2D eigenvalue weighted by Crippen LogP contribution is -2.14. The molecule has 0 unspecified atom stereocenters. The maximum Gasteiger partial charge on any atom is 0.433 e. The third kappa shape index (κ3) is 4.55. The standard InChI is InChI=1S/C12H14F3N3O3/c13-12(14,15)11-5-9(10(6-17-11)18(19)20)16-3-4-21-7-8-1-2-8/h5-6,8H,1-4,7H2,(H,16,17). The number of alkyl halides is 3. The molecule has 116 valence electrons. The van der Waals surface area contributed by atoms with Gasteiger partial charge in [0.05, 0.1) is 11.5 Å². The molecule has 21 heavy (non-hydrogen) atoms. The number of nitro groups is 1. The predicted octanol–water partition coefficient (Wildman–Crippen LogP) is 2.85. The molecule has 9 heteroatoms. The molecule has 0 atom stereocenters. The maximum absolute atomic E-state index is 12.6. The minimum absolute atomic E-state index is 0.189. The van der Waals surface area contributed by atoms with Gasteiger partial charge in [-0.3, -0.25) is 10.1 Å². The third-order valence-corrected chi connectivity index (χ3v) is 2.98.